The highest BCUT2D eigenvalue weighted by Gasteiger charge is 2.17. The minimum absolute atomic E-state index is 0.0340. The summed E-state index contributed by atoms with van der Waals surface area (Å²) < 4.78 is 23.3. The quantitative estimate of drug-likeness (QED) is 0.326. The smallest absolute Gasteiger partial charge is 0.239 e. The third kappa shape index (κ3) is 6.36. The van der Waals surface area contributed by atoms with E-state index in [-0.39, 0.29) is 27.0 Å². The molecule has 32 heavy (non-hydrogen) atoms. The van der Waals surface area contributed by atoms with Gasteiger partial charge in [0.1, 0.15) is 4.90 Å². The first-order valence-corrected chi connectivity index (χ1v) is 12.2. The maximum Gasteiger partial charge on any atom is 0.239 e. The normalized spacial score (nSPS) is 11.3. The standard InChI is InChI=1S/C25H24ClNO4S/c26-22-16-15-21(17-24(22)32(27,30)31)25(29)20-13-11-19(12-14-20)23(28)10-6-2-5-9-18-7-3-1-4-8-18/h1,3-4,7-8,11-17H,2,5-6,9-10H2,(H2,27,30,31). The molecule has 5 nitrogen and oxygen atoms in total. The van der Waals surface area contributed by atoms with Gasteiger partial charge in [0.15, 0.2) is 11.6 Å². The molecule has 0 saturated heterocycles. The van der Waals surface area contributed by atoms with Crippen LogP contribution in [0.2, 0.25) is 5.02 Å². The molecule has 0 heterocycles. The van der Waals surface area contributed by atoms with Gasteiger partial charge >= 0.3 is 0 Å². The molecule has 0 aliphatic carbocycles. The minimum Gasteiger partial charge on any atom is -0.294 e. The molecule has 0 aromatic heterocycles. The van der Waals surface area contributed by atoms with E-state index in [4.69, 9.17) is 16.7 Å². The van der Waals surface area contributed by atoms with Crippen molar-refractivity contribution in [2.24, 2.45) is 5.14 Å². The predicted molar refractivity (Wildman–Crippen MR) is 126 cm³/mol. The van der Waals surface area contributed by atoms with Gasteiger partial charge in [0, 0.05) is 23.1 Å². The molecule has 0 spiro atoms. The third-order valence-corrected chi connectivity index (χ3v) is 6.57. The number of hydrogen-bond donors (Lipinski definition) is 1. The molecule has 0 amide bonds. The number of halogens is 1. The molecule has 2 N–H and O–H groups in total. The Kier molecular flexibility index (Phi) is 7.96. The molecule has 0 unspecified atom stereocenters. The number of unbranched alkanes of at least 4 members (excludes halogenated alkanes) is 2. The molecule has 7 heteroatoms. The van der Waals surface area contributed by atoms with E-state index in [1.165, 1.54) is 17.7 Å². The number of nitrogens with two attached hydrogens (primary N) is 1. The van der Waals surface area contributed by atoms with Crippen LogP contribution in [0, 0.1) is 0 Å². The van der Waals surface area contributed by atoms with E-state index in [1.807, 2.05) is 18.2 Å². The number of aryl methyl sites for hydroxylation is 1. The van der Waals surface area contributed by atoms with Gasteiger partial charge in [0.25, 0.3) is 0 Å². The number of benzene rings is 3. The zero-order chi connectivity index (χ0) is 23.1. The molecule has 0 aliphatic heterocycles. The van der Waals surface area contributed by atoms with Crippen molar-refractivity contribution in [3.63, 3.8) is 0 Å². The van der Waals surface area contributed by atoms with Crippen LogP contribution in [0.4, 0.5) is 0 Å². The van der Waals surface area contributed by atoms with E-state index >= 15 is 0 Å². The lowest BCUT2D eigenvalue weighted by atomic mass is 9.99. The first kappa shape index (κ1) is 23.9. The van der Waals surface area contributed by atoms with Crippen molar-refractivity contribution in [2.75, 3.05) is 0 Å². The number of primary sulfonamides is 1. The van der Waals surface area contributed by atoms with Gasteiger partial charge in [-0.2, -0.15) is 0 Å². The summed E-state index contributed by atoms with van der Waals surface area (Å²) in [6.45, 7) is 0. The molecule has 0 bridgehead atoms. The van der Waals surface area contributed by atoms with E-state index in [2.05, 4.69) is 12.1 Å². The van der Waals surface area contributed by atoms with Crippen molar-refractivity contribution in [1.29, 1.82) is 0 Å². The maximum absolute atomic E-state index is 12.7. The Morgan fingerprint density at radius 2 is 1.41 bits per heavy atom. The fourth-order valence-electron chi connectivity index (χ4n) is 3.42. The van der Waals surface area contributed by atoms with Gasteiger partial charge in [-0.25, -0.2) is 13.6 Å². The summed E-state index contributed by atoms with van der Waals surface area (Å²) >= 11 is 5.87. The number of hydrogen-bond acceptors (Lipinski definition) is 4. The van der Waals surface area contributed by atoms with Gasteiger partial charge in [0.05, 0.1) is 5.02 Å². The monoisotopic (exact) mass is 469 g/mol. The average molecular weight is 470 g/mol. The van der Waals surface area contributed by atoms with E-state index in [0.717, 1.165) is 31.7 Å². The van der Waals surface area contributed by atoms with Crippen molar-refractivity contribution in [3.8, 4) is 0 Å². The fraction of sp³-hybridized carbons (Fsp3) is 0.200. The van der Waals surface area contributed by atoms with Crippen LogP contribution in [0.1, 0.15) is 57.5 Å². The Balaban J connectivity index is 1.56. The third-order valence-electron chi connectivity index (χ3n) is 5.18. The van der Waals surface area contributed by atoms with Crippen molar-refractivity contribution in [1.82, 2.24) is 0 Å². The van der Waals surface area contributed by atoms with E-state index in [1.54, 1.807) is 24.3 Å². The topological polar surface area (TPSA) is 94.3 Å². The molecule has 0 fully saturated rings. The number of carbonyl (C=O) groups is 2. The summed E-state index contributed by atoms with van der Waals surface area (Å²) in [7, 11) is -4.05. The van der Waals surface area contributed by atoms with Crippen molar-refractivity contribution >= 4 is 33.2 Å². The van der Waals surface area contributed by atoms with Gasteiger partial charge in [-0.05, 0) is 43.0 Å². The number of ketones is 2. The zero-order valence-electron chi connectivity index (χ0n) is 17.5. The van der Waals surface area contributed by atoms with Crippen LogP contribution in [0.5, 0.6) is 0 Å². The van der Waals surface area contributed by atoms with E-state index < -0.39 is 10.0 Å². The Morgan fingerprint density at radius 1 is 0.781 bits per heavy atom. The molecule has 0 aliphatic rings. The van der Waals surface area contributed by atoms with Crippen molar-refractivity contribution in [3.05, 3.63) is 100 Å². The van der Waals surface area contributed by atoms with Crippen LogP contribution < -0.4 is 5.14 Å². The lowest BCUT2D eigenvalue weighted by Gasteiger charge is -2.07. The molecule has 3 aromatic carbocycles. The van der Waals surface area contributed by atoms with Crippen molar-refractivity contribution in [2.45, 2.75) is 37.0 Å². The van der Waals surface area contributed by atoms with Crippen LogP contribution >= 0.6 is 11.6 Å². The molecule has 3 aromatic rings. The van der Waals surface area contributed by atoms with Crippen molar-refractivity contribution < 1.29 is 18.0 Å². The maximum atomic E-state index is 12.7. The second kappa shape index (κ2) is 10.7. The molecule has 3 rings (SSSR count). The van der Waals surface area contributed by atoms with Gasteiger partial charge in [-0.15, -0.1) is 0 Å². The Labute approximate surface area is 193 Å². The Hall–Kier alpha value is -2.80. The lowest BCUT2D eigenvalue weighted by Crippen LogP contribution is -2.14. The SMILES string of the molecule is NS(=O)(=O)c1cc(C(=O)c2ccc(C(=O)CCCCCc3ccccc3)cc2)ccc1Cl. The minimum atomic E-state index is -4.05. The van der Waals surface area contributed by atoms with Crippen LogP contribution in [-0.2, 0) is 16.4 Å². The molecule has 0 saturated carbocycles. The summed E-state index contributed by atoms with van der Waals surface area (Å²) in [5, 5.41) is 5.10. The lowest BCUT2D eigenvalue weighted by molar-refractivity contribution is 0.0977. The van der Waals surface area contributed by atoms with Crippen LogP contribution in [0.3, 0.4) is 0 Å². The molecular formula is C25H24ClNO4S. The summed E-state index contributed by atoms with van der Waals surface area (Å²) in [5.41, 5.74) is 2.34. The second-order valence-corrected chi connectivity index (χ2v) is 9.50. The Morgan fingerprint density at radius 3 is 2.06 bits per heavy atom. The summed E-state index contributed by atoms with van der Waals surface area (Å²) in [5.74, 6) is -0.349. The predicted octanol–water partition coefficient (Wildman–Crippen LogP) is 5.20. The second-order valence-electron chi connectivity index (χ2n) is 7.57. The van der Waals surface area contributed by atoms with Crippen LogP contribution in [0.25, 0.3) is 0 Å². The van der Waals surface area contributed by atoms with Gasteiger partial charge in [-0.3, -0.25) is 9.59 Å². The van der Waals surface area contributed by atoms with Gasteiger partial charge in [0.2, 0.25) is 10.0 Å². The summed E-state index contributed by atoms with van der Waals surface area (Å²) in [6.07, 6.45) is 4.28. The largest absolute Gasteiger partial charge is 0.294 e. The van der Waals surface area contributed by atoms with Gasteiger partial charge in [-0.1, -0.05) is 72.6 Å². The Bertz CT molecular complexity index is 1210. The molecular weight excluding hydrogens is 446 g/mol. The highest BCUT2D eigenvalue weighted by molar-refractivity contribution is 7.89. The number of sulfonamides is 1. The number of Topliss-reactive ketones (excluding diaryl/α,β-unsaturated/α-hetero) is 1. The van der Waals surface area contributed by atoms with Crippen LogP contribution in [0.15, 0.2) is 77.7 Å². The number of carbonyl (C=O) groups excluding carboxylic acids is 2. The molecule has 166 valence electrons. The molecule has 0 radical (unpaired) electrons. The summed E-state index contributed by atoms with van der Waals surface area (Å²) in [4.78, 5) is 24.9. The number of rotatable bonds is 10. The van der Waals surface area contributed by atoms with E-state index in [0.29, 0.717) is 17.5 Å². The van der Waals surface area contributed by atoms with Crippen LogP contribution in [-0.4, -0.2) is 20.0 Å². The summed E-state index contributed by atoms with van der Waals surface area (Å²) in [6, 6.07) is 20.6. The highest BCUT2D eigenvalue weighted by atomic mass is 35.5. The zero-order valence-corrected chi connectivity index (χ0v) is 19.0. The fourth-order valence-corrected chi connectivity index (χ4v) is 4.49. The van der Waals surface area contributed by atoms with E-state index in [9.17, 15) is 18.0 Å². The highest BCUT2D eigenvalue weighted by Crippen LogP contribution is 2.23. The molecule has 0 atom stereocenters. The first-order valence-electron chi connectivity index (χ1n) is 10.3. The van der Waals surface area contributed by atoms with Gasteiger partial charge < -0.3 is 0 Å². The average Bonchev–Trinajstić information content (AvgIpc) is 2.78. The first-order chi connectivity index (χ1) is 15.3.